The molecule has 0 aliphatic heterocycles. The quantitative estimate of drug-likeness (QED) is 0.443. The summed E-state index contributed by atoms with van der Waals surface area (Å²) in [6.45, 7) is 4.37. The van der Waals surface area contributed by atoms with Crippen LogP contribution < -0.4 is 0 Å². The highest BCUT2D eigenvalue weighted by Gasteiger charge is 2.19. The Morgan fingerprint density at radius 3 is 2.73 bits per heavy atom. The topological polar surface area (TPSA) is 67.4 Å². The normalized spacial score (nSPS) is 10.8. The Balaban J connectivity index is 2.08. The molecule has 0 unspecified atom stereocenters. The summed E-state index contributed by atoms with van der Waals surface area (Å²) in [5.74, 6) is 2.00. The lowest BCUT2D eigenvalue weighted by Gasteiger charge is -2.16. The van der Waals surface area contributed by atoms with Crippen molar-refractivity contribution in [2.24, 2.45) is 0 Å². The Morgan fingerprint density at radius 1 is 1.15 bits per heavy atom. The Kier molecular flexibility index (Phi) is 6.03. The van der Waals surface area contributed by atoms with E-state index in [1.807, 2.05) is 24.4 Å². The number of thioether (sulfide) groups is 1. The van der Waals surface area contributed by atoms with Crippen LogP contribution in [0.25, 0.3) is 17.1 Å². The molecule has 0 aliphatic carbocycles. The van der Waals surface area contributed by atoms with Gasteiger partial charge in [0.05, 0.1) is 11.8 Å². The number of nitriles is 1. The first-order chi connectivity index (χ1) is 12.7. The lowest BCUT2D eigenvalue weighted by molar-refractivity contribution is 0.817. The van der Waals surface area contributed by atoms with Crippen LogP contribution in [0.15, 0.2) is 53.9 Å². The molecule has 0 amide bonds. The molecule has 132 valence electrons. The van der Waals surface area contributed by atoms with Crippen LogP contribution in [-0.2, 0) is 0 Å². The number of unbranched alkanes of at least 4 members (excludes halogenated alkanes) is 1. The summed E-state index contributed by atoms with van der Waals surface area (Å²) in [6.07, 6.45) is 4.95. The van der Waals surface area contributed by atoms with Gasteiger partial charge in [0.1, 0.15) is 0 Å². The number of hydrogen-bond donors (Lipinski definition) is 0. The summed E-state index contributed by atoms with van der Waals surface area (Å²) in [5.41, 5.74) is 3.27. The molecule has 0 saturated heterocycles. The van der Waals surface area contributed by atoms with Crippen LogP contribution in [0.5, 0.6) is 0 Å². The van der Waals surface area contributed by atoms with Crippen LogP contribution in [0.1, 0.15) is 38.2 Å². The Bertz CT molecular complexity index is 896. The van der Waals surface area contributed by atoms with Crippen LogP contribution in [0.3, 0.4) is 0 Å². The summed E-state index contributed by atoms with van der Waals surface area (Å²) in [4.78, 5) is 4.23. The fourth-order valence-corrected chi connectivity index (χ4v) is 3.64. The Labute approximate surface area is 158 Å². The van der Waals surface area contributed by atoms with E-state index in [0.29, 0.717) is 12.3 Å². The standard InChI is InChI=1S/C20H21N5S/c1-15(2)17-9-3-4-10-18(17)25-19(16-8-7-12-22-14-16)23-24-20(25)26-13-6-5-11-21/h3-4,7-10,12,14-15H,5-6,13H2,1-2H3. The van der Waals surface area contributed by atoms with Gasteiger partial charge in [-0.1, -0.05) is 43.8 Å². The fraction of sp³-hybridized carbons (Fsp3) is 0.300. The number of rotatable bonds is 7. The summed E-state index contributed by atoms with van der Waals surface area (Å²) in [7, 11) is 0. The van der Waals surface area contributed by atoms with Gasteiger partial charge in [-0.2, -0.15) is 5.26 Å². The molecule has 5 nitrogen and oxygen atoms in total. The molecule has 3 aromatic rings. The second-order valence-electron chi connectivity index (χ2n) is 6.21. The van der Waals surface area contributed by atoms with Gasteiger partial charge in [0.15, 0.2) is 11.0 Å². The monoisotopic (exact) mass is 363 g/mol. The van der Waals surface area contributed by atoms with Gasteiger partial charge in [-0.25, -0.2) is 0 Å². The van der Waals surface area contributed by atoms with E-state index in [-0.39, 0.29) is 0 Å². The van der Waals surface area contributed by atoms with E-state index in [1.54, 1.807) is 18.0 Å². The van der Waals surface area contributed by atoms with Crippen molar-refractivity contribution in [2.45, 2.75) is 37.8 Å². The second-order valence-corrected chi connectivity index (χ2v) is 7.27. The third-order valence-corrected chi connectivity index (χ3v) is 5.03. The van der Waals surface area contributed by atoms with Gasteiger partial charge in [-0.15, -0.1) is 10.2 Å². The van der Waals surface area contributed by atoms with Gasteiger partial charge >= 0.3 is 0 Å². The van der Waals surface area contributed by atoms with E-state index in [4.69, 9.17) is 5.26 Å². The molecule has 26 heavy (non-hydrogen) atoms. The maximum Gasteiger partial charge on any atom is 0.196 e. The molecule has 6 heteroatoms. The molecule has 0 aliphatic rings. The number of aromatic nitrogens is 4. The number of pyridine rings is 1. The summed E-state index contributed by atoms with van der Waals surface area (Å²) < 4.78 is 2.11. The van der Waals surface area contributed by atoms with Crippen LogP contribution in [0.4, 0.5) is 0 Å². The third-order valence-electron chi connectivity index (χ3n) is 4.02. The average Bonchev–Trinajstić information content (AvgIpc) is 3.09. The molecule has 0 N–H and O–H groups in total. The van der Waals surface area contributed by atoms with E-state index in [2.05, 4.69) is 57.9 Å². The maximum atomic E-state index is 8.75. The molecule has 0 atom stereocenters. The van der Waals surface area contributed by atoms with E-state index < -0.39 is 0 Å². The molecule has 0 fully saturated rings. The van der Waals surface area contributed by atoms with E-state index >= 15 is 0 Å². The molecule has 0 saturated carbocycles. The number of hydrogen-bond acceptors (Lipinski definition) is 5. The van der Waals surface area contributed by atoms with Crippen LogP contribution >= 0.6 is 11.8 Å². The zero-order chi connectivity index (χ0) is 18.4. The molecule has 0 bridgehead atoms. The first-order valence-corrected chi connectivity index (χ1v) is 9.65. The van der Waals surface area contributed by atoms with Crippen molar-refractivity contribution in [1.29, 1.82) is 5.26 Å². The van der Waals surface area contributed by atoms with Crippen molar-refractivity contribution >= 4 is 11.8 Å². The van der Waals surface area contributed by atoms with Gasteiger partial charge in [0.2, 0.25) is 0 Å². The molecule has 0 spiro atoms. The highest BCUT2D eigenvalue weighted by atomic mass is 32.2. The molecular weight excluding hydrogens is 342 g/mol. The summed E-state index contributed by atoms with van der Waals surface area (Å²) in [5, 5.41) is 18.5. The van der Waals surface area contributed by atoms with Gasteiger partial charge in [0.25, 0.3) is 0 Å². The van der Waals surface area contributed by atoms with Gasteiger partial charge < -0.3 is 0 Å². The van der Waals surface area contributed by atoms with Crippen LogP contribution in [0.2, 0.25) is 0 Å². The lowest BCUT2D eigenvalue weighted by atomic mass is 10.0. The Hall–Kier alpha value is -2.65. The van der Waals surface area contributed by atoms with Crippen molar-refractivity contribution < 1.29 is 0 Å². The summed E-state index contributed by atoms with van der Waals surface area (Å²) >= 11 is 1.64. The van der Waals surface area contributed by atoms with Gasteiger partial charge in [-0.05, 0) is 36.1 Å². The van der Waals surface area contributed by atoms with Crippen molar-refractivity contribution in [1.82, 2.24) is 19.7 Å². The van der Waals surface area contributed by atoms with Crippen molar-refractivity contribution in [3.63, 3.8) is 0 Å². The third kappa shape index (κ3) is 3.94. The van der Waals surface area contributed by atoms with E-state index in [0.717, 1.165) is 34.4 Å². The minimum atomic E-state index is 0.381. The highest BCUT2D eigenvalue weighted by molar-refractivity contribution is 7.99. The molecule has 3 rings (SSSR count). The first-order valence-electron chi connectivity index (χ1n) is 8.67. The Morgan fingerprint density at radius 2 is 2.00 bits per heavy atom. The summed E-state index contributed by atoms with van der Waals surface area (Å²) in [6, 6.07) is 14.5. The predicted octanol–water partition coefficient (Wildman–Crippen LogP) is 4.85. The lowest BCUT2D eigenvalue weighted by Crippen LogP contribution is -2.05. The first kappa shape index (κ1) is 18.2. The fourth-order valence-electron chi connectivity index (χ4n) is 2.76. The van der Waals surface area contributed by atoms with Crippen molar-refractivity contribution in [2.75, 3.05) is 5.75 Å². The van der Waals surface area contributed by atoms with Crippen LogP contribution in [-0.4, -0.2) is 25.5 Å². The SMILES string of the molecule is CC(C)c1ccccc1-n1c(SCCCC#N)nnc1-c1cccnc1. The zero-order valence-electron chi connectivity index (χ0n) is 15.0. The van der Waals surface area contributed by atoms with Crippen molar-refractivity contribution in [3.8, 4) is 23.1 Å². The number of benzene rings is 1. The van der Waals surface area contributed by atoms with E-state index in [9.17, 15) is 0 Å². The molecule has 0 radical (unpaired) electrons. The maximum absolute atomic E-state index is 8.75. The minimum Gasteiger partial charge on any atom is -0.270 e. The van der Waals surface area contributed by atoms with E-state index in [1.165, 1.54) is 5.56 Å². The van der Waals surface area contributed by atoms with Crippen LogP contribution in [0, 0.1) is 11.3 Å². The van der Waals surface area contributed by atoms with Gasteiger partial charge in [-0.3, -0.25) is 9.55 Å². The smallest absolute Gasteiger partial charge is 0.196 e. The molecule has 2 heterocycles. The average molecular weight is 363 g/mol. The predicted molar refractivity (Wildman–Crippen MR) is 104 cm³/mol. The molecular formula is C20H21N5S. The van der Waals surface area contributed by atoms with Crippen molar-refractivity contribution in [3.05, 3.63) is 54.4 Å². The minimum absolute atomic E-state index is 0.381. The molecule has 2 aromatic heterocycles. The number of nitrogens with zero attached hydrogens (tertiary/aromatic N) is 5. The van der Waals surface area contributed by atoms with Gasteiger partial charge in [0, 0.05) is 30.1 Å². The highest BCUT2D eigenvalue weighted by Crippen LogP contribution is 2.32. The molecule has 1 aromatic carbocycles. The second kappa shape index (κ2) is 8.63. The zero-order valence-corrected chi connectivity index (χ0v) is 15.8. The largest absolute Gasteiger partial charge is 0.270 e. The number of para-hydroxylation sites is 1.